The third-order valence-electron chi connectivity index (χ3n) is 3.72. The van der Waals surface area contributed by atoms with Crippen molar-refractivity contribution in [1.82, 2.24) is 0 Å². The SMILES string of the molecule is CCOc1cc(OCC)c(F)c([C@H](Nc2ccc(C(=N)N)cc2)C(=O)O)c1. The van der Waals surface area contributed by atoms with Crippen LogP contribution in [0.25, 0.3) is 0 Å². The normalized spacial score (nSPS) is 11.5. The molecule has 0 saturated heterocycles. The maximum Gasteiger partial charge on any atom is 0.330 e. The summed E-state index contributed by atoms with van der Waals surface area (Å²) in [7, 11) is 0. The average molecular weight is 375 g/mol. The number of halogens is 1. The number of carboxylic acid groups (broad SMARTS) is 1. The van der Waals surface area contributed by atoms with E-state index < -0.39 is 17.8 Å². The Morgan fingerprint density at radius 3 is 2.37 bits per heavy atom. The monoisotopic (exact) mass is 375 g/mol. The van der Waals surface area contributed by atoms with E-state index in [9.17, 15) is 14.3 Å². The molecule has 1 atom stereocenters. The summed E-state index contributed by atoms with van der Waals surface area (Å²) in [5.74, 6) is -1.88. The van der Waals surface area contributed by atoms with E-state index in [-0.39, 0.29) is 23.8 Å². The first-order chi connectivity index (χ1) is 12.9. The van der Waals surface area contributed by atoms with E-state index in [2.05, 4.69) is 5.32 Å². The molecule has 2 aromatic rings. The first-order valence-electron chi connectivity index (χ1n) is 8.40. The molecule has 0 amide bonds. The number of nitrogens with one attached hydrogen (secondary N) is 2. The van der Waals surface area contributed by atoms with E-state index in [4.69, 9.17) is 20.6 Å². The molecular formula is C19H22FN3O4. The van der Waals surface area contributed by atoms with Crippen LogP contribution in [0.5, 0.6) is 11.5 Å². The van der Waals surface area contributed by atoms with Crippen LogP contribution < -0.4 is 20.5 Å². The Kier molecular flexibility index (Phi) is 6.59. The molecule has 0 saturated carbocycles. The van der Waals surface area contributed by atoms with E-state index in [0.29, 0.717) is 23.6 Å². The number of benzene rings is 2. The van der Waals surface area contributed by atoms with E-state index in [1.165, 1.54) is 12.1 Å². The van der Waals surface area contributed by atoms with Crippen LogP contribution in [0.15, 0.2) is 36.4 Å². The number of carbonyl (C=O) groups is 1. The van der Waals surface area contributed by atoms with E-state index in [0.717, 1.165) is 0 Å². The summed E-state index contributed by atoms with van der Waals surface area (Å²) in [4.78, 5) is 11.8. The number of hydrogen-bond acceptors (Lipinski definition) is 5. The highest BCUT2D eigenvalue weighted by Crippen LogP contribution is 2.33. The second-order valence-electron chi connectivity index (χ2n) is 5.60. The Hall–Kier alpha value is -3.29. The number of aliphatic carboxylic acids is 1. The second kappa shape index (κ2) is 8.88. The first-order valence-corrected chi connectivity index (χ1v) is 8.40. The summed E-state index contributed by atoms with van der Waals surface area (Å²) in [6, 6.07) is 7.65. The quantitative estimate of drug-likeness (QED) is 0.395. The summed E-state index contributed by atoms with van der Waals surface area (Å²) in [5.41, 5.74) is 6.23. The molecular weight excluding hydrogens is 353 g/mol. The van der Waals surface area contributed by atoms with Gasteiger partial charge in [-0.2, -0.15) is 0 Å². The van der Waals surface area contributed by atoms with Crippen LogP contribution in [0.3, 0.4) is 0 Å². The third kappa shape index (κ3) is 4.87. The molecule has 2 aromatic carbocycles. The minimum absolute atomic E-state index is 0.0709. The van der Waals surface area contributed by atoms with Gasteiger partial charge < -0.3 is 25.6 Å². The zero-order chi connectivity index (χ0) is 20.0. The maximum absolute atomic E-state index is 14.8. The molecule has 0 spiro atoms. The van der Waals surface area contributed by atoms with Crippen molar-refractivity contribution in [2.24, 2.45) is 5.73 Å². The number of carboxylic acids is 1. The van der Waals surface area contributed by atoms with Gasteiger partial charge in [0.2, 0.25) is 0 Å². The van der Waals surface area contributed by atoms with Gasteiger partial charge >= 0.3 is 5.97 Å². The Morgan fingerprint density at radius 1 is 1.22 bits per heavy atom. The molecule has 0 unspecified atom stereocenters. The summed E-state index contributed by atoms with van der Waals surface area (Å²) in [5, 5.41) is 19.8. The Balaban J connectivity index is 2.42. The van der Waals surface area contributed by atoms with Crippen molar-refractivity contribution >= 4 is 17.5 Å². The topological polar surface area (TPSA) is 118 Å². The van der Waals surface area contributed by atoms with Gasteiger partial charge in [0.25, 0.3) is 0 Å². The second-order valence-corrected chi connectivity index (χ2v) is 5.60. The number of anilines is 1. The predicted octanol–water partition coefficient (Wildman–Crippen LogP) is 3.14. The number of hydrogen-bond donors (Lipinski definition) is 4. The number of nitrogens with two attached hydrogens (primary N) is 1. The lowest BCUT2D eigenvalue weighted by Crippen LogP contribution is -2.22. The minimum atomic E-state index is -1.37. The highest BCUT2D eigenvalue weighted by Gasteiger charge is 2.26. The lowest BCUT2D eigenvalue weighted by Gasteiger charge is -2.19. The molecule has 0 aromatic heterocycles. The van der Waals surface area contributed by atoms with E-state index in [1.54, 1.807) is 38.1 Å². The van der Waals surface area contributed by atoms with Crippen molar-refractivity contribution < 1.29 is 23.8 Å². The van der Waals surface area contributed by atoms with Crippen molar-refractivity contribution in [2.75, 3.05) is 18.5 Å². The van der Waals surface area contributed by atoms with Crippen LogP contribution in [0, 0.1) is 11.2 Å². The molecule has 27 heavy (non-hydrogen) atoms. The fourth-order valence-electron chi connectivity index (χ4n) is 2.50. The Bertz CT molecular complexity index is 824. The number of amidine groups is 1. The lowest BCUT2D eigenvalue weighted by molar-refractivity contribution is -0.138. The predicted molar refractivity (Wildman–Crippen MR) is 100 cm³/mol. The summed E-state index contributed by atoms with van der Waals surface area (Å²) >= 11 is 0. The molecule has 2 rings (SSSR count). The molecule has 0 aliphatic heterocycles. The largest absolute Gasteiger partial charge is 0.494 e. The van der Waals surface area contributed by atoms with Crippen molar-refractivity contribution in [1.29, 1.82) is 5.41 Å². The Labute approximate surface area is 156 Å². The zero-order valence-electron chi connectivity index (χ0n) is 15.1. The number of nitrogen functional groups attached to an aromatic ring is 1. The number of rotatable bonds is 9. The van der Waals surface area contributed by atoms with Gasteiger partial charge in [0.15, 0.2) is 17.6 Å². The van der Waals surface area contributed by atoms with Gasteiger partial charge in [-0.15, -0.1) is 0 Å². The van der Waals surface area contributed by atoms with Crippen LogP contribution in [-0.4, -0.2) is 30.1 Å². The fourth-order valence-corrected chi connectivity index (χ4v) is 2.50. The smallest absolute Gasteiger partial charge is 0.330 e. The van der Waals surface area contributed by atoms with Gasteiger partial charge in [-0.05, 0) is 44.2 Å². The average Bonchev–Trinajstić information content (AvgIpc) is 2.63. The van der Waals surface area contributed by atoms with Gasteiger partial charge in [0.05, 0.1) is 13.2 Å². The molecule has 0 fully saturated rings. The van der Waals surface area contributed by atoms with Gasteiger partial charge in [-0.1, -0.05) is 0 Å². The summed E-state index contributed by atoms with van der Waals surface area (Å²) in [6.07, 6.45) is 0. The van der Waals surface area contributed by atoms with Crippen LogP contribution in [0.2, 0.25) is 0 Å². The Morgan fingerprint density at radius 2 is 1.85 bits per heavy atom. The molecule has 0 aliphatic rings. The lowest BCUT2D eigenvalue weighted by atomic mass is 10.0. The van der Waals surface area contributed by atoms with E-state index in [1.807, 2.05) is 0 Å². The molecule has 7 nitrogen and oxygen atoms in total. The van der Waals surface area contributed by atoms with Gasteiger partial charge in [0.1, 0.15) is 11.6 Å². The van der Waals surface area contributed by atoms with Crippen LogP contribution in [-0.2, 0) is 4.79 Å². The maximum atomic E-state index is 14.8. The van der Waals surface area contributed by atoms with Crippen LogP contribution >= 0.6 is 0 Å². The minimum Gasteiger partial charge on any atom is -0.494 e. The van der Waals surface area contributed by atoms with Crippen molar-refractivity contribution in [2.45, 2.75) is 19.9 Å². The molecule has 5 N–H and O–H groups in total. The number of ether oxygens (including phenoxy) is 2. The highest BCUT2D eigenvalue weighted by atomic mass is 19.1. The van der Waals surface area contributed by atoms with Crippen molar-refractivity contribution in [3.63, 3.8) is 0 Å². The summed E-state index contributed by atoms with van der Waals surface area (Å²) in [6.45, 7) is 4.04. The van der Waals surface area contributed by atoms with Crippen LogP contribution in [0.1, 0.15) is 31.0 Å². The fraction of sp³-hybridized carbons (Fsp3) is 0.263. The molecule has 144 valence electrons. The van der Waals surface area contributed by atoms with E-state index >= 15 is 0 Å². The molecule has 0 radical (unpaired) electrons. The zero-order valence-corrected chi connectivity index (χ0v) is 15.1. The highest BCUT2D eigenvalue weighted by molar-refractivity contribution is 5.95. The third-order valence-corrected chi connectivity index (χ3v) is 3.72. The van der Waals surface area contributed by atoms with Gasteiger partial charge in [0, 0.05) is 22.9 Å². The van der Waals surface area contributed by atoms with Gasteiger partial charge in [-0.25, -0.2) is 9.18 Å². The molecule has 0 heterocycles. The molecule has 0 aliphatic carbocycles. The van der Waals surface area contributed by atoms with Gasteiger partial charge in [-0.3, -0.25) is 5.41 Å². The first kappa shape index (κ1) is 20.0. The van der Waals surface area contributed by atoms with Crippen molar-refractivity contribution in [3.05, 3.63) is 53.3 Å². The molecule has 8 heteroatoms. The summed E-state index contributed by atoms with van der Waals surface area (Å²) < 4.78 is 25.5. The van der Waals surface area contributed by atoms with Crippen LogP contribution in [0.4, 0.5) is 10.1 Å². The van der Waals surface area contributed by atoms with Crippen molar-refractivity contribution in [3.8, 4) is 11.5 Å². The molecule has 0 bridgehead atoms. The standard InChI is InChI=1S/C19H22FN3O4/c1-3-26-13-9-14(16(20)15(10-13)27-4-2)17(19(24)25)23-12-7-5-11(6-8-12)18(21)22/h5-10,17,23H,3-4H2,1-2H3,(H3,21,22)(H,24,25)/t17-/m0/s1.